The first-order valence-corrected chi connectivity index (χ1v) is 9.15. The number of benzene rings is 1. The van der Waals surface area contributed by atoms with Crippen molar-refractivity contribution >= 4 is 28.2 Å². The Hall–Kier alpha value is -2.31. The average molecular weight is 359 g/mol. The SMILES string of the molecule is COc1cccc2cc(C(=O)NCC[C@H](CCO)c3ccsc3)oc12. The van der Waals surface area contributed by atoms with Crippen molar-refractivity contribution in [3.8, 4) is 5.75 Å². The first kappa shape index (κ1) is 17.5. The van der Waals surface area contributed by atoms with E-state index in [9.17, 15) is 9.90 Å². The summed E-state index contributed by atoms with van der Waals surface area (Å²) in [5.74, 6) is 0.879. The zero-order chi connectivity index (χ0) is 17.6. The largest absolute Gasteiger partial charge is 0.493 e. The molecule has 0 radical (unpaired) electrons. The summed E-state index contributed by atoms with van der Waals surface area (Å²) in [5, 5.41) is 17.1. The van der Waals surface area contributed by atoms with Gasteiger partial charge in [0.2, 0.25) is 0 Å². The Morgan fingerprint density at radius 1 is 1.36 bits per heavy atom. The highest BCUT2D eigenvalue weighted by Crippen LogP contribution is 2.28. The van der Waals surface area contributed by atoms with Crippen LogP contribution >= 0.6 is 11.3 Å². The van der Waals surface area contributed by atoms with E-state index < -0.39 is 0 Å². The molecule has 0 unspecified atom stereocenters. The van der Waals surface area contributed by atoms with Crippen LogP contribution < -0.4 is 10.1 Å². The van der Waals surface area contributed by atoms with Crippen LogP contribution in [0.15, 0.2) is 45.5 Å². The number of carbonyl (C=O) groups is 1. The smallest absolute Gasteiger partial charge is 0.287 e. The summed E-state index contributed by atoms with van der Waals surface area (Å²) in [6, 6.07) is 9.33. The molecular formula is C19H21NO4S. The number of ether oxygens (including phenoxy) is 1. The van der Waals surface area contributed by atoms with Gasteiger partial charge >= 0.3 is 0 Å². The number of carbonyl (C=O) groups excluding carboxylic acids is 1. The number of aliphatic hydroxyl groups is 1. The topological polar surface area (TPSA) is 71.7 Å². The summed E-state index contributed by atoms with van der Waals surface area (Å²) in [6.45, 7) is 0.658. The number of rotatable bonds is 8. The lowest BCUT2D eigenvalue weighted by Crippen LogP contribution is -2.25. The van der Waals surface area contributed by atoms with Crippen LogP contribution in [0.3, 0.4) is 0 Å². The van der Waals surface area contributed by atoms with Gasteiger partial charge in [0.15, 0.2) is 17.1 Å². The summed E-state index contributed by atoms with van der Waals surface area (Å²) in [7, 11) is 1.57. The summed E-state index contributed by atoms with van der Waals surface area (Å²) in [6.07, 6.45) is 1.46. The van der Waals surface area contributed by atoms with E-state index in [0.29, 0.717) is 24.3 Å². The predicted octanol–water partition coefficient (Wildman–Crippen LogP) is 3.79. The predicted molar refractivity (Wildman–Crippen MR) is 98.5 cm³/mol. The van der Waals surface area contributed by atoms with Gasteiger partial charge in [-0.05, 0) is 53.3 Å². The first-order chi connectivity index (χ1) is 12.2. The zero-order valence-corrected chi connectivity index (χ0v) is 14.8. The molecule has 2 heterocycles. The number of nitrogens with one attached hydrogen (secondary N) is 1. The highest BCUT2D eigenvalue weighted by atomic mass is 32.1. The number of methoxy groups -OCH3 is 1. The van der Waals surface area contributed by atoms with E-state index in [1.807, 2.05) is 17.5 Å². The van der Waals surface area contributed by atoms with Gasteiger partial charge in [0, 0.05) is 18.5 Å². The molecule has 0 saturated carbocycles. The molecule has 3 rings (SSSR count). The van der Waals surface area contributed by atoms with E-state index >= 15 is 0 Å². The van der Waals surface area contributed by atoms with Gasteiger partial charge < -0.3 is 19.6 Å². The highest BCUT2D eigenvalue weighted by molar-refractivity contribution is 7.07. The third-order valence-corrected chi connectivity index (χ3v) is 4.92. The number of hydrogen-bond donors (Lipinski definition) is 2. The van der Waals surface area contributed by atoms with Crippen molar-refractivity contribution < 1.29 is 19.1 Å². The Kier molecular flexibility index (Phi) is 5.73. The number of fused-ring (bicyclic) bond motifs is 1. The van der Waals surface area contributed by atoms with Crippen LogP contribution in [0.1, 0.15) is 34.9 Å². The molecular weight excluding hydrogens is 338 g/mol. The third kappa shape index (κ3) is 4.03. The summed E-state index contributed by atoms with van der Waals surface area (Å²) in [5.41, 5.74) is 1.79. The van der Waals surface area contributed by atoms with Crippen molar-refractivity contribution in [1.29, 1.82) is 0 Å². The molecule has 0 spiro atoms. The third-order valence-electron chi connectivity index (χ3n) is 4.22. The fraction of sp³-hybridized carbons (Fsp3) is 0.316. The molecule has 0 aliphatic rings. The number of aliphatic hydroxyl groups excluding tert-OH is 1. The monoisotopic (exact) mass is 359 g/mol. The summed E-state index contributed by atoms with van der Waals surface area (Å²) >= 11 is 1.64. The standard InChI is InChI=1S/C19H21NO4S/c1-23-16-4-2-3-14-11-17(24-18(14)16)19(22)20-8-5-13(6-9-21)15-7-10-25-12-15/h2-4,7,10-13,21H,5-6,8-9H2,1H3,(H,20,22)/t13-/m1/s1. The van der Waals surface area contributed by atoms with Crippen molar-refractivity contribution in [2.24, 2.45) is 0 Å². The number of thiophene rings is 1. The van der Waals surface area contributed by atoms with Crippen molar-refractivity contribution in [3.05, 3.63) is 52.4 Å². The molecule has 1 amide bonds. The minimum atomic E-state index is -0.244. The molecule has 0 aliphatic heterocycles. The second kappa shape index (κ2) is 8.18. The van der Waals surface area contributed by atoms with Crippen LogP contribution in [0.5, 0.6) is 5.75 Å². The Morgan fingerprint density at radius 2 is 2.24 bits per heavy atom. The zero-order valence-electron chi connectivity index (χ0n) is 14.0. The molecule has 5 nitrogen and oxygen atoms in total. The Balaban J connectivity index is 1.62. The van der Waals surface area contributed by atoms with Crippen molar-refractivity contribution in [3.63, 3.8) is 0 Å². The maximum atomic E-state index is 12.3. The number of para-hydroxylation sites is 1. The quantitative estimate of drug-likeness (QED) is 0.642. The molecule has 0 bridgehead atoms. The molecule has 0 fully saturated rings. The second-order valence-corrected chi connectivity index (χ2v) is 6.58. The minimum Gasteiger partial charge on any atom is -0.493 e. The maximum absolute atomic E-state index is 12.3. The van der Waals surface area contributed by atoms with Gasteiger partial charge in [-0.25, -0.2) is 0 Å². The number of hydrogen-bond acceptors (Lipinski definition) is 5. The van der Waals surface area contributed by atoms with Crippen LogP contribution in [0.25, 0.3) is 11.0 Å². The van der Waals surface area contributed by atoms with E-state index in [4.69, 9.17) is 9.15 Å². The van der Waals surface area contributed by atoms with Crippen LogP contribution in [0.4, 0.5) is 0 Å². The van der Waals surface area contributed by atoms with E-state index in [2.05, 4.69) is 16.8 Å². The van der Waals surface area contributed by atoms with Crippen LogP contribution in [-0.4, -0.2) is 31.3 Å². The van der Waals surface area contributed by atoms with Gasteiger partial charge in [0.1, 0.15) is 0 Å². The minimum absolute atomic E-state index is 0.137. The molecule has 2 N–H and O–H groups in total. The molecule has 6 heteroatoms. The normalized spacial score (nSPS) is 12.2. The first-order valence-electron chi connectivity index (χ1n) is 8.20. The molecule has 3 aromatic rings. The van der Waals surface area contributed by atoms with Crippen molar-refractivity contribution in [2.45, 2.75) is 18.8 Å². The number of amides is 1. The summed E-state index contributed by atoms with van der Waals surface area (Å²) in [4.78, 5) is 12.3. The van der Waals surface area contributed by atoms with Gasteiger partial charge in [0.05, 0.1) is 7.11 Å². The van der Waals surface area contributed by atoms with Gasteiger partial charge in [-0.15, -0.1) is 0 Å². The lowest BCUT2D eigenvalue weighted by Gasteiger charge is -2.14. The molecule has 25 heavy (non-hydrogen) atoms. The second-order valence-electron chi connectivity index (χ2n) is 5.80. The highest BCUT2D eigenvalue weighted by Gasteiger charge is 2.16. The van der Waals surface area contributed by atoms with Gasteiger partial charge in [-0.3, -0.25) is 4.79 Å². The lowest BCUT2D eigenvalue weighted by molar-refractivity contribution is 0.0926. The average Bonchev–Trinajstić information content (AvgIpc) is 3.29. The molecule has 132 valence electrons. The summed E-state index contributed by atoms with van der Waals surface area (Å²) < 4.78 is 10.9. The molecule has 2 aromatic heterocycles. The lowest BCUT2D eigenvalue weighted by atomic mass is 9.95. The van der Waals surface area contributed by atoms with Gasteiger partial charge in [0.25, 0.3) is 5.91 Å². The molecule has 0 aliphatic carbocycles. The van der Waals surface area contributed by atoms with Crippen LogP contribution in [0, 0.1) is 0 Å². The Morgan fingerprint density at radius 3 is 2.96 bits per heavy atom. The molecule has 1 aromatic carbocycles. The van der Waals surface area contributed by atoms with Crippen LogP contribution in [0.2, 0.25) is 0 Å². The fourth-order valence-corrected chi connectivity index (χ4v) is 3.64. The van der Waals surface area contributed by atoms with Gasteiger partial charge in [-0.1, -0.05) is 12.1 Å². The van der Waals surface area contributed by atoms with E-state index in [-0.39, 0.29) is 24.2 Å². The maximum Gasteiger partial charge on any atom is 0.287 e. The van der Waals surface area contributed by atoms with Crippen molar-refractivity contribution in [2.75, 3.05) is 20.3 Å². The Bertz CT molecular complexity index is 825. The Labute approximate surface area is 150 Å². The van der Waals surface area contributed by atoms with E-state index in [1.54, 1.807) is 30.6 Å². The number of furan rings is 1. The molecule has 0 saturated heterocycles. The van der Waals surface area contributed by atoms with E-state index in [0.717, 1.165) is 11.8 Å². The van der Waals surface area contributed by atoms with Gasteiger partial charge in [-0.2, -0.15) is 11.3 Å². The van der Waals surface area contributed by atoms with Crippen molar-refractivity contribution in [1.82, 2.24) is 5.32 Å². The van der Waals surface area contributed by atoms with Crippen LogP contribution in [-0.2, 0) is 0 Å². The van der Waals surface area contributed by atoms with E-state index in [1.165, 1.54) is 5.56 Å². The fourth-order valence-electron chi connectivity index (χ4n) is 2.90. The molecule has 1 atom stereocenters.